The average molecular weight is 573 g/mol. The molecule has 4 aliphatic rings. The van der Waals surface area contributed by atoms with E-state index >= 15 is 0 Å². The Hall–Kier alpha value is -3.24. The molecule has 41 heavy (non-hydrogen) atoms. The number of nitrogens with zero attached hydrogens (tertiary/aromatic N) is 2. The van der Waals surface area contributed by atoms with Crippen LogP contribution in [-0.4, -0.2) is 76.2 Å². The van der Waals surface area contributed by atoms with Crippen molar-refractivity contribution in [3.05, 3.63) is 59.2 Å². The second-order valence-electron chi connectivity index (χ2n) is 12.3. The number of likely N-dealkylation sites (tertiary alicyclic amines) is 1. The lowest BCUT2D eigenvalue weighted by Gasteiger charge is -2.64. The van der Waals surface area contributed by atoms with Gasteiger partial charge in [0, 0.05) is 24.2 Å². The molecule has 2 fully saturated rings. The van der Waals surface area contributed by atoms with Crippen LogP contribution in [0.2, 0.25) is 0 Å². The summed E-state index contributed by atoms with van der Waals surface area (Å²) in [5, 5.41) is 23.3. The number of likely N-dealkylation sites (N-methyl/N-ethyl adjacent to an activating group) is 1. The summed E-state index contributed by atoms with van der Waals surface area (Å²) in [5.41, 5.74) is 0.495. The molecule has 2 aliphatic heterocycles. The highest BCUT2D eigenvalue weighted by atomic mass is 19.4. The van der Waals surface area contributed by atoms with Gasteiger partial charge in [0.1, 0.15) is 11.9 Å². The molecular weight excluding hydrogens is 537 g/mol. The van der Waals surface area contributed by atoms with E-state index in [0.717, 1.165) is 17.7 Å². The number of phenols is 1. The molecule has 2 bridgehead atoms. The molecule has 2 aromatic rings. The number of ether oxygens (including phenoxy) is 2. The number of alkyl halides is 3. The Bertz CT molecular complexity index is 1390. The van der Waals surface area contributed by atoms with Crippen molar-refractivity contribution in [3.8, 4) is 17.2 Å². The molecule has 2 N–H and O–H groups in total. The summed E-state index contributed by atoms with van der Waals surface area (Å²) in [6, 6.07) is 8.56. The molecule has 220 valence electrons. The molecule has 2 aromatic carbocycles. The lowest BCUT2D eigenvalue weighted by Crippen LogP contribution is -2.78. The third-order valence-corrected chi connectivity index (χ3v) is 9.45. The molecule has 2 heterocycles. The lowest BCUT2D eigenvalue weighted by atomic mass is 9.48. The van der Waals surface area contributed by atoms with Gasteiger partial charge >= 0.3 is 6.36 Å². The van der Waals surface area contributed by atoms with Gasteiger partial charge in [-0.2, -0.15) is 0 Å². The van der Waals surface area contributed by atoms with E-state index < -0.39 is 23.5 Å². The minimum Gasteiger partial charge on any atom is -0.504 e. The van der Waals surface area contributed by atoms with Crippen LogP contribution in [0.3, 0.4) is 0 Å². The molecule has 2 aliphatic carbocycles. The van der Waals surface area contributed by atoms with E-state index in [4.69, 9.17) is 4.74 Å². The minimum absolute atomic E-state index is 0.0357. The molecule has 6 rings (SSSR count). The lowest BCUT2D eigenvalue weighted by molar-refractivity contribution is -0.274. The number of halogens is 3. The molecule has 0 unspecified atom stereocenters. The van der Waals surface area contributed by atoms with E-state index in [9.17, 15) is 28.2 Å². The first-order valence-corrected chi connectivity index (χ1v) is 14.1. The van der Waals surface area contributed by atoms with E-state index in [1.165, 1.54) is 30.4 Å². The first-order chi connectivity index (χ1) is 19.3. The number of benzene rings is 2. The number of piperidine rings is 1. The van der Waals surface area contributed by atoms with Gasteiger partial charge in [-0.3, -0.25) is 4.79 Å². The van der Waals surface area contributed by atoms with Crippen molar-refractivity contribution in [2.75, 3.05) is 20.1 Å². The van der Waals surface area contributed by atoms with Crippen LogP contribution >= 0.6 is 0 Å². The fourth-order valence-corrected chi connectivity index (χ4v) is 7.91. The normalized spacial score (nSPS) is 30.3. The molecule has 1 saturated carbocycles. The van der Waals surface area contributed by atoms with Crippen molar-refractivity contribution in [1.82, 2.24) is 9.80 Å². The molecule has 1 amide bonds. The fraction of sp³-hybridized carbons (Fsp3) is 0.516. The van der Waals surface area contributed by atoms with Gasteiger partial charge in [0.15, 0.2) is 11.5 Å². The summed E-state index contributed by atoms with van der Waals surface area (Å²) in [5.74, 6) is -0.0856. The summed E-state index contributed by atoms with van der Waals surface area (Å²) in [4.78, 5) is 17.8. The molecule has 1 spiro atoms. The van der Waals surface area contributed by atoms with Crippen molar-refractivity contribution in [1.29, 1.82) is 0 Å². The van der Waals surface area contributed by atoms with Gasteiger partial charge in [-0.25, -0.2) is 0 Å². The van der Waals surface area contributed by atoms with Gasteiger partial charge in [0.05, 0.1) is 17.1 Å². The molecular formula is C31H35F3N2O5. The maximum Gasteiger partial charge on any atom is 0.573 e. The van der Waals surface area contributed by atoms with Crippen molar-refractivity contribution in [2.45, 2.75) is 75.1 Å². The Kier molecular flexibility index (Phi) is 6.57. The third kappa shape index (κ3) is 4.37. The highest BCUT2D eigenvalue weighted by Crippen LogP contribution is 2.65. The average Bonchev–Trinajstić information content (AvgIpc) is 3.25. The fourth-order valence-electron chi connectivity index (χ4n) is 7.91. The van der Waals surface area contributed by atoms with Crippen molar-refractivity contribution < 1.29 is 37.7 Å². The number of aliphatic hydroxyl groups is 1. The molecule has 0 aromatic heterocycles. The Morgan fingerprint density at radius 1 is 1.27 bits per heavy atom. The van der Waals surface area contributed by atoms with Gasteiger partial charge < -0.3 is 29.5 Å². The van der Waals surface area contributed by atoms with Gasteiger partial charge in [-0.15, -0.1) is 13.2 Å². The maximum absolute atomic E-state index is 13.8. The van der Waals surface area contributed by atoms with Crippen LogP contribution in [0.25, 0.3) is 6.08 Å². The summed E-state index contributed by atoms with van der Waals surface area (Å²) in [6.07, 6.45) is -0.234. The smallest absolute Gasteiger partial charge is 0.504 e. The number of hydrogen-bond acceptors (Lipinski definition) is 6. The molecule has 7 nitrogen and oxygen atoms in total. The predicted molar refractivity (Wildman–Crippen MR) is 146 cm³/mol. The second kappa shape index (κ2) is 9.66. The molecule has 1 saturated heterocycles. The molecule has 5 atom stereocenters. The van der Waals surface area contributed by atoms with Crippen molar-refractivity contribution in [3.63, 3.8) is 0 Å². The van der Waals surface area contributed by atoms with E-state index in [-0.39, 0.29) is 35.4 Å². The van der Waals surface area contributed by atoms with E-state index in [2.05, 4.69) is 9.64 Å². The summed E-state index contributed by atoms with van der Waals surface area (Å²) in [7, 11) is 2.03. The SMILES string of the molecule is CC(C)CN(C(=O)C=Cc1cccc(OC(F)(F)F)c1)[C@H]1CC[C@@]2(O)[C@H]3Cc4ccc(O)c5c4[C@@]2(CCN3C)[C@H]1O5. The van der Waals surface area contributed by atoms with Crippen LogP contribution in [0.4, 0.5) is 13.2 Å². The van der Waals surface area contributed by atoms with E-state index in [1.54, 1.807) is 17.0 Å². The zero-order chi connectivity index (χ0) is 29.3. The first kappa shape index (κ1) is 27.9. The van der Waals surface area contributed by atoms with Crippen LogP contribution in [0.5, 0.6) is 17.2 Å². The van der Waals surface area contributed by atoms with E-state index in [1.807, 2.05) is 27.0 Å². The molecule has 10 heteroatoms. The number of phenolic OH excluding ortho intramolecular Hbond substituents is 1. The number of amides is 1. The largest absolute Gasteiger partial charge is 0.573 e. The first-order valence-electron chi connectivity index (χ1n) is 14.1. The van der Waals surface area contributed by atoms with Crippen LogP contribution in [0.15, 0.2) is 42.5 Å². The minimum atomic E-state index is -4.81. The Labute approximate surface area is 237 Å². The summed E-state index contributed by atoms with van der Waals surface area (Å²) in [6.45, 7) is 5.21. The van der Waals surface area contributed by atoms with E-state index in [0.29, 0.717) is 43.5 Å². The van der Waals surface area contributed by atoms with Gasteiger partial charge in [0.2, 0.25) is 5.91 Å². The maximum atomic E-state index is 13.8. The zero-order valence-corrected chi connectivity index (χ0v) is 23.3. The van der Waals surface area contributed by atoms with Gasteiger partial charge in [-0.05, 0) is 80.6 Å². The number of carbonyl (C=O) groups excluding carboxylic acids is 1. The Balaban J connectivity index is 1.36. The topological polar surface area (TPSA) is 82.5 Å². The van der Waals surface area contributed by atoms with Crippen LogP contribution in [0, 0.1) is 5.92 Å². The Morgan fingerprint density at radius 3 is 2.78 bits per heavy atom. The zero-order valence-electron chi connectivity index (χ0n) is 23.3. The molecule has 0 radical (unpaired) electrons. The number of aromatic hydroxyl groups is 1. The van der Waals surface area contributed by atoms with Crippen LogP contribution in [0.1, 0.15) is 49.8 Å². The number of rotatable bonds is 6. The predicted octanol–water partition coefficient (Wildman–Crippen LogP) is 4.64. The van der Waals surface area contributed by atoms with Crippen LogP contribution < -0.4 is 9.47 Å². The number of carbonyl (C=O) groups is 1. The van der Waals surface area contributed by atoms with Crippen LogP contribution in [-0.2, 0) is 16.6 Å². The van der Waals surface area contributed by atoms with Gasteiger partial charge in [0.25, 0.3) is 0 Å². The summed E-state index contributed by atoms with van der Waals surface area (Å²) < 4.78 is 48.7. The monoisotopic (exact) mass is 572 g/mol. The van der Waals surface area contributed by atoms with Crippen molar-refractivity contribution >= 4 is 12.0 Å². The van der Waals surface area contributed by atoms with Gasteiger partial charge in [-0.1, -0.05) is 32.0 Å². The second-order valence-corrected chi connectivity index (χ2v) is 12.3. The standard InChI is InChI=1S/C31H35F3N2O5/c1-18(2)17-36(25(38)10-7-19-5-4-6-21(15-19)41-31(32,33)34)22-11-12-30(39)24-16-20-8-9-23(37)27-26(20)29(30,28(22)40-27)13-14-35(24)3/h4-10,15,18,22,24,28,37,39H,11-14,16-17H2,1-3H3/t22-,24+,28-,29-,30+/m0/s1. The number of hydrogen-bond donors (Lipinski definition) is 2. The third-order valence-electron chi connectivity index (χ3n) is 9.45. The quantitative estimate of drug-likeness (QED) is 0.491. The highest BCUT2D eigenvalue weighted by Gasteiger charge is 2.73. The highest BCUT2D eigenvalue weighted by molar-refractivity contribution is 5.92. The summed E-state index contributed by atoms with van der Waals surface area (Å²) >= 11 is 0. The van der Waals surface area contributed by atoms with Crippen molar-refractivity contribution in [2.24, 2.45) is 5.92 Å². The Morgan fingerprint density at radius 2 is 2.05 bits per heavy atom.